The summed E-state index contributed by atoms with van der Waals surface area (Å²) in [6.07, 6.45) is 0. The van der Waals surface area contributed by atoms with E-state index in [0.717, 1.165) is 11.1 Å². The number of benzene rings is 2. The Morgan fingerprint density at radius 2 is 1.37 bits per heavy atom. The van der Waals surface area contributed by atoms with E-state index < -0.39 is 11.8 Å². The quantitative estimate of drug-likeness (QED) is 0.695. The normalized spacial score (nSPS) is 10.0. The topological polar surface area (TPSA) is 85.9 Å². The Labute approximate surface area is 158 Å². The van der Waals surface area contributed by atoms with Crippen LogP contribution in [-0.2, 0) is 9.59 Å². The highest BCUT2D eigenvalue weighted by molar-refractivity contribution is 5.83. The fourth-order valence-electron chi connectivity index (χ4n) is 2.30. The summed E-state index contributed by atoms with van der Waals surface area (Å²) >= 11 is 0. The molecule has 0 saturated heterocycles. The van der Waals surface area contributed by atoms with Crippen LogP contribution in [0.5, 0.6) is 17.2 Å². The number of aryl methyl sites for hydroxylation is 2. The maximum atomic E-state index is 11.8. The van der Waals surface area contributed by atoms with Gasteiger partial charge in [-0.15, -0.1) is 0 Å². The molecular weight excluding hydrogens is 348 g/mol. The van der Waals surface area contributed by atoms with Gasteiger partial charge in [-0.05, 0) is 44.5 Å². The first kappa shape index (κ1) is 20.1. The lowest BCUT2D eigenvalue weighted by Gasteiger charge is -2.12. The highest BCUT2D eigenvalue weighted by atomic mass is 16.5. The lowest BCUT2D eigenvalue weighted by Crippen LogP contribution is -2.45. The number of ether oxygens (including phenoxy) is 3. The van der Waals surface area contributed by atoms with E-state index in [0.29, 0.717) is 23.9 Å². The highest BCUT2D eigenvalue weighted by Gasteiger charge is 2.09. The Balaban J connectivity index is 1.73. The van der Waals surface area contributed by atoms with Crippen LogP contribution in [0, 0.1) is 13.8 Å². The second-order valence-corrected chi connectivity index (χ2v) is 5.82. The molecule has 2 aromatic rings. The van der Waals surface area contributed by atoms with Gasteiger partial charge >= 0.3 is 0 Å². The van der Waals surface area contributed by atoms with Gasteiger partial charge in [0.1, 0.15) is 5.75 Å². The second-order valence-electron chi connectivity index (χ2n) is 5.82. The van der Waals surface area contributed by atoms with E-state index in [-0.39, 0.29) is 13.2 Å². The first-order valence-electron chi connectivity index (χ1n) is 8.62. The van der Waals surface area contributed by atoms with Crippen molar-refractivity contribution >= 4 is 11.8 Å². The Morgan fingerprint density at radius 3 is 1.93 bits per heavy atom. The van der Waals surface area contributed by atoms with Crippen LogP contribution in [0.1, 0.15) is 18.1 Å². The van der Waals surface area contributed by atoms with Crippen molar-refractivity contribution in [2.45, 2.75) is 20.8 Å². The van der Waals surface area contributed by atoms with E-state index in [1.165, 1.54) is 0 Å². The van der Waals surface area contributed by atoms with Gasteiger partial charge in [0.25, 0.3) is 11.8 Å². The SMILES string of the molecule is CCOc1ccccc1OCC(=O)NNC(=O)COc1ccc(C)cc1C. The number of para-hydroxylation sites is 2. The molecule has 0 fully saturated rings. The van der Waals surface area contributed by atoms with Crippen LogP contribution in [0.2, 0.25) is 0 Å². The molecule has 2 N–H and O–H groups in total. The molecule has 144 valence electrons. The average Bonchev–Trinajstić information content (AvgIpc) is 2.65. The van der Waals surface area contributed by atoms with Gasteiger partial charge in [0.2, 0.25) is 0 Å². The van der Waals surface area contributed by atoms with Crippen molar-refractivity contribution in [1.29, 1.82) is 0 Å². The Hall–Kier alpha value is -3.22. The molecule has 0 aliphatic carbocycles. The number of carbonyl (C=O) groups is 2. The molecule has 2 rings (SSSR count). The minimum Gasteiger partial charge on any atom is -0.490 e. The summed E-state index contributed by atoms with van der Waals surface area (Å²) in [4.78, 5) is 23.6. The largest absolute Gasteiger partial charge is 0.490 e. The molecule has 0 spiro atoms. The lowest BCUT2D eigenvalue weighted by molar-refractivity contribution is -0.131. The van der Waals surface area contributed by atoms with Gasteiger partial charge in [0.05, 0.1) is 6.61 Å². The first-order valence-corrected chi connectivity index (χ1v) is 8.62. The van der Waals surface area contributed by atoms with Gasteiger partial charge in [-0.2, -0.15) is 0 Å². The van der Waals surface area contributed by atoms with Crippen molar-refractivity contribution < 1.29 is 23.8 Å². The summed E-state index contributed by atoms with van der Waals surface area (Å²) < 4.78 is 16.3. The standard InChI is InChI=1S/C20H24N2O5/c1-4-25-17-7-5-6-8-18(17)27-13-20(24)22-21-19(23)12-26-16-10-9-14(2)11-15(16)3/h5-11H,4,12-13H2,1-3H3,(H,21,23)(H,22,24). The minimum atomic E-state index is -0.499. The van der Waals surface area contributed by atoms with Crippen LogP contribution in [0.15, 0.2) is 42.5 Å². The van der Waals surface area contributed by atoms with Crippen molar-refractivity contribution in [3.63, 3.8) is 0 Å². The number of rotatable bonds is 8. The van der Waals surface area contributed by atoms with Crippen molar-refractivity contribution in [2.75, 3.05) is 19.8 Å². The number of hydrazine groups is 1. The second kappa shape index (κ2) is 10.1. The van der Waals surface area contributed by atoms with E-state index in [1.54, 1.807) is 24.3 Å². The van der Waals surface area contributed by atoms with E-state index in [2.05, 4.69) is 10.9 Å². The number of nitrogens with one attached hydrogen (secondary N) is 2. The average molecular weight is 372 g/mol. The molecular formula is C20H24N2O5. The number of amides is 2. The highest BCUT2D eigenvalue weighted by Crippen LogP contribution is 2.26. The number of hydrogen-bond acceptors (Lipinski definition) is 5. The van der Waals surface area contributed by atoms with Crippen molar-refractivity contribution in [3.05, 3.63) is 53.6 Å². The molecule has 0 aliphatic heterocycles. The van der Waals surface area contributed by atoms with Gasteiger partial charge in [0, 0.05) is 0 Å². The van der Waals surface area contributed by atoms with Gasteiger partial charge < -0.3 is 14.2 Å². The summed E-state index contributed by atoms with van der Waals surface area (Å²) in [5.41, 5.74) is 6.62. The van der Waals surface area contributed by atoms with Crippen molar-refractivity contribution in [2.24, 2.45) is 0 Å². The van der Waals surface area contributed by atoms with Crippen LogP contribution in [0.4, 0.5) is 0 Å². The smallest absolute Gasteiger partial charge is 0.276 e. The van der Waals surface area contributed by atoms with Gasteiger partial charge in [-0.1, -0.05) is 29.8 Å². The first-order chi connectivity index (χ1) is 13.0. The molecule has 2 aromatic carbocycles. The van der Waals surface area contributed by atoms with Crippen molar-refractivity contribution in [1.82, 2.24) is 10.9 Å². The zero-order chi connectivity index (χ0) is 19.6. The molecule has 0 atom stereocenters. The molecule has 0 unspecified atom stereocenters. The molecule has 0 aliphatic rings. The van der Waals surface area contributed by atoms with E-state index >= 15 is 0 Å². The monoisotopic (exact) mass is 372 g/mol. The maximum Gasteiger partial charge on any atom is 0.276 e. The van der Waals surface area contributed by atoms with Gasteiger partial charge in [-0.3, -0.25) is 20.4 Å². The lowest BCUT2D eigenvalue weighted by atomic mass is 10.1. The summed E-state index contributed by atoms with van der Waals surface area (Å²) in [5.74, 6) is 0.662. The maximum absolute atomic E-state index is 11.8. The summed E-state index contributed by atoms with van der Waals surface area (Å²) in [6.45, 7) is 5.76. The Morgan fingerprint density at radius 1 is 0.815 bits per heavy atom. The molecule has 0 aromatic heterocycles. The molecule has 0 saturated carbocycles. The minimum absolute atomic E-state index is 0.210. The van der Waals surface area contributed by atoms with E-state index in [1.807, 2.05) is 39.0 Å². The zero-order valence-corrected chi connectivity index (χ0v) is 15.7. The van der Waals surface area contributed by atoms with Crippen LogP contribution >= 0.6 is 0 Å². The molecule has 0 bridgehead atoms. The fraction of sp³-hybridized carbons (Fsp3) is 0.300. The number of carbonyl (C=O) groups excluding carboxylic acids is 2. The Kier molecular flexibility index (Phi) is 7.49. The predicted octanol–water partition coefficient (Wildman–Crippen LogP) is 2.31. The molecule has 0 heterocycles. The summed E-state index contributed by atoms with van der Waals surface area (Å²) in [6, 6.07) is 12.7. The molecule has 0 radical (unpaired) electrons. The van der Waals surface area contributed by atoms with Crippen LogP contribution in [-0.4, -0.2) is 31.6 Å². The summed E-state index contributed by atoms with van der Waals surface area (Å²) in [7, 11) is 0. The fourth-order valence-corrected chi connectivity index (χ4v) is 2.30. The Bertz CT molecular complexity index is 792. The molecule has 2 amide bonds. The van der Waals surface area contributed by atoms with E-state index in [9.17, 15) is 9.59 Å². The van der Waals surface area contributed by atoms with Crippen LogP contribution in [0.25, 0.3) is 0 Å². The zero-order valence-electron chi connectivity index (χ0n) is 15.7. The molecule has 7 nitrogen and oxygen atoms in total. The number of hydrogen-bond donors (Lipinski definition) is 2. The van der Waals surface area contributed by atoms with E-state index in [4.69, 9.17) is 14.2 Å². The van der Waals surface area contributed by atoms with Gasteiger partial charge in [-0.25, -0.2) is 0 Å². The predicted molar refractivity (Wildman–Crippen MR) is 101 cm³/mol. The summed E-state index contributed by atoms with van der Waals surface area (Å²) in [5, 5.41) is 0. The third-order valence-electron chi connectivity index (χ3n) is 3.54. The van der Waals surface area contributed by atoms with Crippen molar-refractivity contribution in [3.8, 4) is 17.2 Å². The molecule has 27 heavy (non-hydrogen) atoms. The van der Waals surface area contributed by atoms with Gasteiger partial charge in [0.15, 0.2) is 24.7 Å². The molecule has 7 heteroatoms. The third-order valence-corrected chi connectivity index (χ3v) is 3.54. The third kappa shape index (κ3) is 6.54. The van der Waals surface area contributed by atoms with Crippen LogP contribution < -0.4 is 25.1 Å². The van der Waals surface area contributed by atoms with Crippen LogP contribution in [0.3, 0.4) is 0 Å².